The topological polar surface area (TPSA) is 52.7 Å². The van der Waals surface area contributed by atoms with E-state index >= 15 is 0 Å². The minimum absolute atomic E-state index is 0.00374. The predicted molar refractivity (Wildman–Crippen MR) is 117 cm³/mol. The van der Waals surface area contributed by atoms with Crippen molar-refractivity contribution in [1.29, 1.82) is 0 Å². The van der Waals surface area contributed by atoms with E-state index in [2.05, 4.69) is 30.1 Å². The molecule has 0 aliphatic carbocycles. The molecule has 0 saturated carbocycles. The molecular weight excluding hydrogens is 362 g/mol. The van der Waals surface area contributed by atoms with Gasteiger partial charge in [-0.25, -0.2) is 0 Å². The highest BCUT2D eigenvalue weighted by atomic mass is 16.2. The molecular formula is C24H31N3O2. The molecule has 0 bridgehead atoms. The van der Waals surface area contributed by atoms with Gasteiger partial charge in [0.2, 0.25) is 5.91 Å². The Hall–Kier alpha value is -2.66. The van der Waals surface area contributed by atoms with Gasteiger partial charge in [0.1, 0.15) is 0 Å². The molecule has 29 heavy (non-hydrogen) atoms. The zero-order valence-corrected chi connectivity index (χ0v) is 17.8. The number of hydrogen-bond acceptors (Lipinski definition) is 3. The average Bonchev–Trinajstić information content (AvgIpc) is 2.74. The molecule has 1 N–H and O–H groups in total. The van der Waals surface area contributed by atoms with Crippen molar-refractivity contribution in [2.75, 3.05) is 31.5 Å². The maximum atomic E-state index is 12.9. The number of aryl methyl sites for hydroxylation is 1. The number of piperazine rings is 1. The molecule has 0 unspecified atom stereocenters. The van der Waals surface area contributed by atoms with E-state index in [1.54, 1.807) is 0 Å². The molecule has 1 aliphatic rings. The zero-order valence-electron chi connectivity index (χ0n) is 17.8. The molecule has 2 aromatic carbocycles. The fraction of sp³-hybridized carbons (Fsp3) is 0.417. The van der Waals surface area contributed by atoms with E-state index in [-0.39, 0.29) is 17.9 Å². The Bertz CT molecular complexity index is 856. The van der Waals surface area contributed by atoms with Crippen LogP contribution in [0.4, 0.5) is 5.69 Å². The summed E-state index contributed by atoms with van der Waals surface area (Å²) in [5.41, 5.74) is 3.88. The third kappa shape index (κ3) is 4.85. The maximum Gasteiger partial charge on any atom is 0.253 e. The third-order valence-electron chi connectivity index (χ3n) is 5.72. The second-order valence-corrected chi connectivity index (χ2v) is 8.05. The summed E-state index contributed by atoms with van der Waals surface area (Å²) in [4.78, 5) is 29.6. The minimum atomic E-state index is -0.247. The third-order valence-corrected chi connectivity index (χ3v) is 5.72. The highest BCUT2D eigenvalue weighted by Gasteiger charge is 2.28. The van der Waals surface area contributed by atoms with E-state index in [9.17, 15) is 9.59 Å². The summed E-state index contributed by atoms with van der Waals surface area (Å²) in [6.45, 7) is 10.9. The number of nitrogens with one attached hydrogen (secondary N) is 1. The summed E-state index contributed by atoms with van der Waals surface area (Å²) in [6, 6.07) is 15.3. The van der Waals surface area contributed by atoms with Crippen LogP contribution in [0.1, 0.15) is 48.2 Å². The quantitative estimate of drug-likeness (QED) is 0.838. The van der Waals surface area contributed by atoms with Gasteiger partial charge in [0.05, 0.1) is 6.04 Å². The molecule has 5 heteroatoms. The van der Waals surface area contributed by atoms with Crippen LogP contribution in [0, 0.1) is 6.92 Å². The van der Waals surface area contributed by atoms with Crippen LogP contribution in [0.25, 0.3) is 0 Å². The lowest BCUT2D eigenvalue weighted by Gasteiger charge is -2.37. The zero-order chi connectivity index (χ0) is 21.0. The monoisotopic (exact) mass is 393 g/mol. The summed E-state index contributed by atoms with van der Waals surface area (Å²) in [5.74, 6) is 0.404. The molecule has 2 amide bonds. The van der Waals surface area contributed by atoms with Gasteiger partial charge in [-0.3, -0.25) is 14.5 Å². The van der Waals surface area contributed by atoms with E-state index in [0.29, 0.717) is 37.7 Å². The molecule has 2 aromatic rings. The molecule has 1 aliphatic heterocycles. The average molecular weight is 394 g/mol. The lowest BCUT2D eigenvalue weighted by atomic mass is 9.98. The Balaban J connectivity index is 1.60. The normalized spacial score (nSPS) is 16.0. The highest BCUT2D eigenvalue weighted by Crippen LogP contribution is 2.27. The van der Waals surface area contributed by atoms with Gasteiger partial charge < -0.3 is 10.2 Å². The summed E-state index contributed by atoms with van der Waals surface area (Å²) in [5, 5.41) is 3.16. The molecule has 1 atom stereocenters. The van der Waals surface area contributed by atoms with Crippen molar-refractivity contribution in [1.82, 2.24) is 9.80 Å². The lowest BCUT2D eigenvalue weighted by molar-refractivity contribution is -0.121. The standard InChI is InChI=1S/C24H31N3O2/c1-17(2)21-12-8-9-18(3)22(21)25-23(28)19(4)26-13-15-27(16-14-26)24(29)20-10-6-5-7-11-20/h5-12,17,19H,13-16H2,1-4H3,(H,25,28)/t19-/m0/s1. The van der Waals surface area contributed by atoms with Crippen molar-refractivity contribution in [2.24, 2.45) is 0 Å². The number of rotatable bonds is 5. The molecule has 1 fully saturated rings. The predicted octanol–water partition coefficient (Wildman–Crippen LogP) is 3.90. The Morgan fingerprint density at radius 3 is 2.17 bits per heavy atom. The van der Waals surface area contributed by atoms with Crippen LogP contribution in [-0.2, 0) is 4.79 Å². The Labute approximate surface area is 173 Å². The summed E-state index contributed by atoms with van der Waals surface area (Å²) < 4.78 is 0. The van der Waals surface area contributed by atoms with Crippen LogP contribution in [0.3, 0.4) is 0 Å². The summed E-state index contributed by atoms with van der Waals surface area (Å²) >= 11 is 0. The first kappa shape index (κ1) is 21.1. The Morgan fingerprint density at radius 1 is 0.897 bits per heavy atom. The van der Waals surface area contributed by atoms with Crippen molar-refractivity contribution in [2.45, 2.75) is 39.7 Å². The number of carbonyl (C=O) groups is 2. The molecule has 3 rings (SSSR count). The van der Waals surface area contributed by atoms with Crippen LogP contribution < -0.4 is 5.32 Å². The molecule has 154 valence electrons. The van der Waals surface area contributed by atoms with Gasteiger partial charge in [0.25, 0.3) is 5.91 Å². The van der Waals surface area contributed by atoms with Gasteiger partial charge in [0.15, 0.2) is 0 Å². The number of nitrogens with zero attached hydrogens (tertiary/aromatic N) is 2. The molecule has 0 aromatic heterocycles. The molecule has 0 radical (unpaired) electrons. The second kappa shape index (κ2) is 9.23. The largest absolute Gasteiger partial charge is 0.336 e. The smallest absolute Gasteiger partial charge is 0.253 e. The molecule has 1 heterocycles. The van der Waals surface area contributed by atoms with Crippen molar-refractivity contribution in [3.8, 4) is 0 Å². The fourth-order valence-corrected chi connectivity index (χ4v) is 3.81. The number of hydrogen-bond donors (Lipinski definition) is 1. The second-order valence-electron chi connectivity index (χ2n) is 8.05. The van der Waals surface area contributed by atoms with Gasteiger partial charge in [-0.1, -0.05) is 50.2 Å². The first-order valence-electron chi connectivity index (χ1n) is 10.4. The SMILES string of the molecule is Cc1cccc(C(C)C)c1NC(=O)[C@H](C)N1CCN(C(=O)c2ccccc2)CC1. The number of amides is 2. The van der Waals surface area contributed by atoms with Crippen molar-refractivity contribution in [3.63, 3.8) is 0 Å². The first-order valence-corrected chi connectivity index (χ1v) is 10.4. The highest BCUT2D eigenvalue weighted by molar-refractivity contribution is 5.96. The van der Waals surface area contributed by atoms with Gasteiger partial charge in [-0.15, -0.1) is 0 Å². The lowest BCUT2D eigenvalue weighted by Crippen LogP contribution is -2.54. The van der Waals surface area contributed by atoms with Crippen LogP contribution in [0.5, 0.6) is 0 Å². The Kier molecular flexibility index (Phi) is 6.70. The van der Waals surface area contributed by atoms with E-state index in [4.69, 9.17) is 0 Å². The van der Waals surface area contributed by atoms with Gasteiger partial charge in [0, 0.05) is 37.4 Å². The van der Waals surface area contributed by atoms with E-state index in [0.717, 1.165) is 16.8 Å². The van der Waals surface area contributed by atoms with Gasteiger partial charge in [-0.05, 0) is 43.0 Å². The Morgan fingerprint density at radius 2 is 1.55 bits per heavy atom. The fourth-order valence-electron chi connectivity index (χ4n) is 3.81. The van der Waals surface area contributed by atoms with E-state index < -0.39 is 0 Å². The number of anilines is 1. The van der Waals surface area contributed by atoms with Crippen LogP contribution in [-0.4, -0.2) is 53.8 Å². The van der Waals surface area contributed by atoms with Gasteiger partial charge in [-0.2, -0.15) is 0 Å². The molecule has 5 nitrogen and oxygen atoms in total. The maximum absolute atomic E-state index is 12.9. The summed E-state index contributed by atoms with van der Waals surface area (Å²) in [7, 11) is 0. The molecule has 0 spiro atoms. The van der Waals surface area contributed by atoms with Crippen molar-refractivity contribution < 1.29 is 9.59 Å². The number of benzene rings is 2. The molecule has 1 saturated heterocycles. The van der Waals surface area contributed by atoms with E-state index in [1.165, 1.54) is 0 Å². The van der Waals surface area contributed by atoms with Crippen LogP contribution in [0.15, 0.2) is 48.5 Å². The van der Waals surface area contributed by atoms with E-state index in [1.807, 2.05) is 61.2 Å². The number of para-hydroxylation sites is 1. The number of carbonyl (C=O) groups excluding carboxylic acids is 2. The first-order chi connectivity index (χ1) is 13.9. The van der Waals surface area contributed by atoms with Gasteiger partial charge >= 0.3 is 0 Å². The van der Waals surface area contributed by atoms with Crippen LogP contribution >= 0.6 is 0 Å². The van der Waals surface area contributed by atoms with Crippen molar-refractivity contribution in [3.05, 3.63) is 65.2 Å². The van der Waals surface area contributed by atoms with Crippen molar-refractivity contribution >= 4 is 17.5 Å². The van der Waals surface area contributed by atoms with Crippen LogP contribution in [0.2, 0.25) is 0 Å². The minimum Gasteiger partial charge on any atom is -0.336 e. The summed E-state index contributed by atoms with van der Waals surface area (Å²) in [6.07, 6.45) is 0.